The van der Waals surface area contributed by atoms with Gasteiger partial charge in [-0.2, -0.15) is 0 Å². The molecular formula is C18H19ClN2O2. The van der Waals surface area contributed by atoms with Gasteiger partial charge in [-0.3, -0.25) is 0 Å². The number of halogens is 1. The van der Waals surface area contributed by atoms with Crippen molar-refractivity contribution < 1.29 is 9.53 Å². The number of amides is 1. The summed E-state index contributed by atoms with van der Waals surface area (Å²) in [6, 6.07) is 13.5. The molecule has 5 heteroatoms. The standard InChI is InChI=1S/C18H19ClN2O2/c1-13-15(9-10-17(19)20-13)16-8-5-11-21(16)18(22)23-12-14-6-3-2-4-7-14/h2-4,6-7,9-10,16H,5,8,11-12H2,1H3/t16-/m0/s1. The Labute approximate surface area is 141 Å². The maximum Gasteiger partial charge on any atom is 0.410 e. The zero-order valence-corrected chi connectivity index (χ0v) is 13.8. The fourth-order valence-electron chi connectivity index (χ4n) is 3.00. The van der Waals surface area contributed by atoms with Crippen molar-refractivity contribution in [2.75, 3.05) is 6.54 Å². The first kappa shape index (κ1) is 15.8. The van der Waals surface area contributed by atoms with E-state index in [1.165, 1.54) is 0 Å². The van der Waals surface area contributed by atoms with E-state index in [2.05, 4.69) is 4.98 Å². The Morgan fingerprint density at radius 1 is 1.30 bits per heavy atom. The number of hydrogen-bond donors (Lipinski definition) is 0. The lowest BCUT2D eigenvalue weighted by Gasteiger charge is -2.25. The molecule has 1 aromatic carbocycles. The number of benzene rings is 1. The summed E-state index contributed by atoms with van der Waals surface area (Å²) in [6.07, 6.45) is 1.61. The van der Waals surface area contributed by atoms with Crippen molar-refractivity contribution in [2.45, 2.75) is 32.4 Å². The van der Waals surface area contributed by atoms with Crippen molar-refractivity contribution in [1.82, 2.24) is 9.88 Å². The third-order valence-electron chi connectivity index (χ3n) is 4.14. The average Bonchev–Trinajstić information content (AvgIpc) is 3.03. The number of pyridine rings is 1. The summed E-state index contributed by atoms with van der Waals surface area (Å²) in [5, 5.41) is 0.474. The lowest BCUT2D eigenvalue weighted by molar-refractivity contribution is 0.0919. The molecule has 1 saturated heterocycles. The number of rotatable bonds is 3. The zero-order valence-electron chi connectivity index (χ0n) is 13.0. The van der Waals surface area contributed by atoms with Gasteiger partial charge in [0.15, 0.2) is 0 Å². The Bertz CT molecular complexity index is 691. The van der Waals surface area contributed by atoms with E-state index in [9.17, 15) is 4.79 Å². The Kier molecular flexibility index (Phi) is 4.82. The predicted molar refractivity (Wildman–Crippen MR) is 89.3 cm³/mol. The number of aryl methyl sites for hydroxylation is 1. The van der Waals surface area contributed by atoms with Crippen LogP contribution in [0.3, 0.4) is 0 Å². The van der Waals surface area contributed by atoms with Gasteiger partial charge in [0.1, 0.15) is 11.8 Å². The van der Waals surface area contributed by atoms with Crippen LogP contribution in [0.4, 0.5) is 4.79 Å². The molecule has 0 saturated carbocycles. The monoisotopic (exact) mass is 330 g/mol. The lowest BCUT2D eigenvalue weighted by atomic mass is 10.0. The molecule has 0 unspecified atom stereocenters. The van der Waals surface area contributed by atoms with Gasteiger partial charge in [-0.1, -0.05) is 48.0 Å². The van der Waals surface area contributed by atoms with Gasteiger partial charge in [0.05, 0.1) is 6.04 Å². The van der Waals surface area contributed by atoms with E-state index in [1.54, 1.807) is 11.0 Å². The smallest absolute Gasteiger partial charge is 0.410 e. The van der Waals surface area contributed by atoms with E-state index in [4.69, 9.17) is 16.3 Å². The van der Waals surface area contributed by atoms with Crippen LogP contribution in [0.15, 0.2) is 42.5 Å². The summed E-state index contributed by atoms with van der Waals surface area (Å²) >= 11 is 5.92. The molecule has 1 fully saturated rings. The molecule has 0 N–H and O–H groups in total. The average molecular weight is 331 g/mol. The summed E-state index contributed by atoms with van der Waals surface area (Å²) in [5.41, 5.74) is 2.90. The summed E-state index contributed by atoms with van der Waals surface area (Å²) in [6.45, 7) is 2.92. The minimum Gasteiger partial charge on any atom is -0.445 e. The summed E-state index contributed by atoms with van der Waals surface area (Å²) in [7, 11) is 0. The topological polar surface area (TPSA) is 42.4 Å². The van der Waals surface area contributed by atoms with Gasteiger partial charge in [0, 0.05) is 12.2 Å². The molecule has 1 aliphatic rings. The SMILES string of the molecule is Cc1nc(Cl)ccc1[C@@H]1CCCN1C(=O)OCc1ccccc1. The minimum absolute atomic E-state index is 0.0167. The summed E-state index contributed by atoms with van der Waals surface area (Å²) < 4.78 is 5.47. The van der Waals surface area contributed by atoms with E-state index in [-0.39, 0.29) is 12.1 Å². The Balaban J connectivity index is 1.69. The van der Waals surface area contributed by atoms with Crippen LogP contribution in [-0.2, 0) is 11.3 Å². The normalized spacial score (nSPS) is 17.3. The quantitative estimate of drug-likeness (QED) is 0.777. The van der Waals surface area contributed by atoms with Crippen molar-refractivity contribution >= 4 is 17.7 Å². The molecule has 23 heavy (non-hydrogen) atoms. The fraction of sp³-hybridized carbons (Fsp3) is 0.333. The summed E-state index contributed by atoms with van der Waals surface area (Å²) in [4.78, 5) is 18.5. The van der Waals surface area contributed by atoms with Gasteiger partial charge in [-0.15, -0.1) is 0 Å². The first-order valence-corrected chi connectivity index (χ1v) is 8.13. The number of aromatic nitrogens is 1. The first-order valence-electron chi connectivity index (χ1n) is 7.75. The van der Waals surface area contributed by atoms with E-state index in [0.717, 1.165) is 29.7 Å². The van der Waals surface area contributed by atoms with Gasteiger partial charge in [0.2, 0.25) is 0 Å². The number of ether oxygens (including phenoxy) is 1. The van der Waals surface area contributed by atoms with Crippen LogP contribution in [0.5, 0.6) is 0 Å². The van der Waals surface area contributed by atoms with Crippen molar-refractivity contribution in [3.8, 4) is 0 Å². The van der Waals surface area contributed by atoms with Crippen LogP contribution < -0.4 is 0 Å². The van der Waals surface area contributed by atoms with E-state index in [1.807, 2.05) is 43.3 Å². The van der Waals surface area contributed by atoms with E-state index < -0.39 is 0 Å². The van der Waals surface area contributed by atoms with Gasteiger partial charge in [0.25, 0.3) is 0 Å². The van der Waals surface area contributed by atoms with Gasteiger partial charge in [-0.25, -0.2) is 9.78 Å². The second-order valence-electron chi connectivity index (χ2n) is 5.70. The number of carbonyl (C=O) groups excluding carboxylic acids is 1. The van der Waals surface area contributed by atoms with Gasteiger partial charge in [-0.05, 0) is 37.0 Å². The third kappa shape index (κ3) is 3.64. The van der Waals surface area contributed by atoms with Crippen molar-refractivity contribution in [2.24, 2.45) is 0 Å². The lowest BCUT2D eigenvalue weighted by Crippen LogP contribution is -2.31. The highest BCUT2D eigenvalue weighted by Gasteiger charge is 2.32. The fourth-order valence-corrected chi connectivity index (χ4v) is 3.19. The molecule has 2 heterocycles. The Hall–Kier alpha value is -2.07. The number of hydrogen-bond acceptors (Lipinski definition) is 3. The van der Waals surface area contributed by atoms with Crippen LogP contribution in [0.25, 0.3) is 0 Å². The number of likely N-dealkylation sites (tertiary alicyclic amines) is 1. The van der Waals surface area contributed by atoms with Crippen LogP contribution >= 0.6 is 11.6 Å². The first-order chi connectivity index (χ1) is 11.1. The van der Waals surface area contributed by atoms with Crippen molar-refractivity contribution in [3.63, 3.8) is 0 Å². The highest BCUT2D eigenvalue weighted by molar-refractivity contribution is 6.29. The van der Waals surface area contributed by atoms with Gasteiger partial charge >= 0.3 is 6.09 Å². The molecule has 120 valence electrons. The van der Waals surface area contributed by atoms with Crippen LogP contribution in [0.1, 0.15) is 35.7 Å². The van der Waals surface area contributed by atoms with Crippen molar-refractivity contribution in [1.29, 1.82) is 0 Å². The molecule has 1 aliphatic heterocycles. The zero-order chi connectivity index (χ0) is 16.2. The molecule has 0 aliphatic carbocycles. The van der Waals surface area contributed by atoms with Crippen LogP contribution in [-0.4, -0.2) is 22.5 Å². The Morgan fingerprint density at radius 2 is 2.09 bits per heavy atom. The number of carbonyl (C=O) groups is 1. The molecule has 2 aromatic rings. The second kappa shape index (κ2) is 7.01. The molecule has 0 radical (unpaired) electrons. The molecule has 1 atom stereocenters. The third-order valence-corrected chi connectivity index (χ3v) is 4.35. The van der Waals surface area contributed by atoms with Crippen LogP contribution in [0.2, 0.25) is 5.15 Å². The maximum absolute atomic E-state index is 12.4. The number of nitrogens with zero attached hydrogens (tertiary/aromatic N) is 2. The molecule has 3 rings (SSSR count). The van der Waals surface area contributed by atoms with E-state index >= 15 is 0 Å². The minimum atomic E-state index is -0.272. The maximum atomic E-state index is 12.4. The largest absolute Gasteiger partial charge is 0.445 e. The molecular weight excluding hydrogens is 312 g/mol. The van der Waals surface area contributed by atoms with Gasteiger partial charge < -0.3 is 9.64 Å². The molecule has 0 spiro atoms. The molecule has 4 nitrogen and oxygen atoms in total. The second-order valence-corrected chi connectivity index (χ2v) is 6.09. The predicted octanol–water partition coefficient (Wildman–Crippen LogP) is 4.52. The van der Waals surface area contributed by atoms with Crippen LogP contribution in [0, 0.1) is 6.92 Å². The molecule has 0 bridgehead atoms. The Morgan fingerprint density at radius 3 is 2.83 bits per heavy atom. The van der Waals surface area contributed by atoms with E-state index in [0.29, 0.717) is 18.3 Å². The highest BCUT2D eigenvalue weighted by Crippen LogP contribution is 2.34. The highest BCUT2D eigenvalue weighted by atomic mass is 35.5. The van der Waals surface area contributed by atoms with Crippen molar-refractivity contribution in [3.05, 3.63) is 64.4 Å². The molecule has 1 amide bonds. The summed E-state index contributed by atoms with van der Waals surface area (Å²) in [5.74, 6) is 0. The molecule has 1 aromatic heterocycles.